The van der Waals surface area contributed by atoms with E-state index in [4.69, 9.17) is 10.5 Å². The maximum atomic E-state index is 6.28. The number of aromatic nitrogens is 2. The van der Waals surface area contributed by atoms with Gasteiger partial charge < -0.3 is 20.3 Å². The van der Waals surface area contributed by atoms with Crippen molar-refractivity contribution < 1.29 is 4.74 Å². The number of benzene rings is 1. The van der Waals surface area contributed by atoms with E-state index in [1.807, 2.05) is 12.1 Å². The van der Waals surface area contributed by atoms with E-state index in [-0.39, 0.29) is 0 Å². The molecule has 1 aliphatic rings. The van der Waals surface area contributed by atoms with E-state index in [0.29, 0.717) is 11.6 Å². The summed E-state index contributed by atoms with van der Waals surface area (Å²) in [6.07, 6.45) is 2.53. The summed E-state index contributed by atoms with van der Waals surface area (Å²) in [5, 5.41) is 0. The van der Waals surface area contributed by atoms with E-state index >= 15 is 0 Å². The second-order valence-electron chi connectivity index (χ2n) is 5.94. The van der Waals surface area contributed by atoms with Crippen molar-refractivity contribution in [2.75, 3.05) is 43.4 Å². The van der Waals surface area contributed by atoms with Crippen molar-refractivity contribution in [3.8, 4) is 11.6 Å². The van der Waals surface area contributed by atoms with Crippen LogP contribution in [-0.2, 0) is 6.42 Å². The van der Waals surface area contributed by atoms with E-state index in [0.717, 1.165) is 50.7 Å². The predicted molar refractivity (Wildman–Crippen MR) is 96.7 cm³/mol. The van der Waals surface area contributed by atoms with Gasteiger partial charge in [-0.25, -0.2) is 4.98 Å². The average molecular weight is 327 g/mol. The molecule has 0 amide bonds. The monoisotopic (exact) mass is 327 g/mol. The molecule has 0 aliphatic carbocycles. The summed E-state index contributed by atoms with van der Waals surface area (Å²) < 4.78 is 5.87. The molecule has 0 radical (unpaired) electrons. The molecule has 1 saturated heterocycles. The van der Waals surface area contributed by atoms with Crippen LogP contribution in [-0.4, -0.2) is 47.6 Å². The minimum Gasteiger partial charge on any atom is -0.437 e. The third-order valence-corrected chi connectivity index (χ3v) is 4.49. The molecule has 2 N–H and O–H groups in total. The molecule has 3 rings (SSSR count). The van der Waals surface area contributed by atoms with Gasteiger partial charge in [0.05, 0.1) is 0 Å². The number of rotatable bonds is 5. The number of piperazine rings is 1. The molecule has 1 fully saturated rings. The van der Waals surface area contributed by atoms with E-state index in [1.165, 1.54) is 11.9 Å². The zero-order valence-electron chi connectivity index (χ0n) is 14.4. The molecule has 2 heterocycles. The average Bonchev–Trinajstić information content (AvgIpc) is 2.64. The lowest BCUT2D eigenvalue weighted by Crippen LogP contribution is -2.46. The zero-order chi connectivity index (χ0) is 16.9. The molecule has 2 aromatic rings. The Morgan fingerprint density at radius 1 is 1.04 bits per heavy atom. The molecular weight excluding hydrogens is 302 g/mol. The topological polar surface area (TPSA) is 67.5 Å². The van der Waals surface area contributed by atoms with Crippen LogP contribution < -0.4 is 15.4 Å². The second-order valence-corrected chi connectivity index (χ2v) is 5.94. The fourth-order valence-corrected chi connectivity index (χ4v) is 2.88. The predicted octanol–water partition coefficient (Wildman–Crippen LogP) is 2.56. The molecule has 128 valence electrons. The third-order valence-electron chi connectivity index (χ3n) is 4.49. The van der Waals surface area contributed by atoms with Gasteiger partial charge in [-0.15, -0.1) is 0 Å². The van der Waals surface area contributed by atoms with Crippen LogP contribution in [0.1, 0.15) is 19.4 Å². The highest BCUT2D eigenvalue weighted by Crippen LogP contribution is 2.31. The number of hydrogen-bond acceptors (Lipinski definition) is 6. The van der Waals surface area contributed by atoms with Gasteiger partial charge in [-0.2, -0.15) is 4.98 Å². The van der Waals surface area contributed by atoms with Gasteiger partial charge in [-0.1, -0.05) is 26.0 Å². The summed E-state index contributed by atoms with van der Waals surface area (Å²) in [6.45, 7) is 9.27. The molecule has 0 unspecified atom stereocenters. The number of anilines is 2. The first-order valence-corrected chi connectivity index (χ1v) is 8.55. The first-order chi connectivity index (χ1) is 11.7. The normalized spacial score (nSPS) is 15.5. The van der Waals surface area contributed by atoms with Gasteiger partial charge in [0, 0.05) is 26.2 Å². The van der Waals surface area contributed by atoms with Crippen LogP contribution in [0, 0.1) is 0 Å². The van der Waals surface area contributed by atoms with E-state index in [2.05, 4.69) is 45.7 Å². The Bertz CT molecular complexity index is 666. The van der Waals surface area contributed by atoms with Crippen LogP contribution >= 0.6 is 0 Å². The van der Waals surface area contributed by atoms with Gasteiger partial charge in [-0.05, 0) is 30.7 Å². The van der Waals surface area contributed by atoms with Crippen LogP contribution in [0.3, 0.4) is 0 Å². The van der Waals surface area contributed by atoms with Crippen molar-refractivity contribution in [3.05, 3.63) is 36.2 Å². The number of ether oxygens (including phenoxy) is 1. The maximum absolute atomic E-state index is 6.28. The molecule has 0 saturated carbocycles. The second kappa shape index (κ2) is 7.49. The summed E-state index contributed by atoms with van der Waals surface area (Å²) >= 11 is 0. The largest absolute Gasteiger partial charge is 0.437 e. The minimum absolute atomic E-state index is 0.419. The zero-order valence-corrected chi connectivity index (χ0v) is 14.4. The van der Waals surface area contributed by atoms with E-state index in [1.54, 1.807) is 0 Å². The molecule has 0 atom stereocenters. The number of nitrogen functional groups attached to an aromatic ring is 1. The Labute approximate surface area is 143 Å². The lowest BCUT2D eigenvalue weighted by atomic mass is 10.2. The minimum atomic E-state index is 0.419. The van der Waals surface area contributed by atoms with Gasteiger partial charge in [0.15, 0.2) is 5.82 Å². The molecule has 1 aliphatic heterocycles. The molecule has 0 bridgehead atoms. The standard InChI is InChI=1S/C18H25N5O/c1-3-14-5-7-15(8-6-14)24-18-16(19)17(20-13-21-18)23-11-9-22(4-2)10-12-23/h5-8,13H,3-4,9-12,19H2,1-2H3. The number of nitrogens with zero attached hydrogens (tertiary/aromatic N) is 4. The van der Waals surface area contributed by atoms with Crippen molar-refractivity contribution in [1.82, 2.24) is 14.9 Å². The molecular formula is C18H25N5O. The summed E-state index contributed by atoms with van der Waals surface area (Å²) in [5.41, 5.74) is 8.05. The van der Waals surface area contributed by atoms with Crippen LogP contribution in [0.2, 0.25) is 0 Å². The van der Waals surface area contributed by atoms with E-state index < -0.39 is 0 Å². The van der Waals surface area contributed by atoms with Crippen LogP contribution in [0.5, 0.6) is 11.6 Å². The van der Waals surface area contributed by atoms with Crippen LogP contribution in [0.15, 0.2) is 30.6 Å². The van der Waals surface area contributed by atoms with Gasteiger partial charge in [-0.3, -0.25) is 0 Å². The van der Waals surface area contributed by atoms with Crippen molar-refractivity contribution in [2.24, 2.45) is 0 Å². The fourth-order valence-electron chi connectivity index (χ4n) is 2.88. The third kappa shape index (κ3) is 3.59. The van der Waals surface area contributed by atoms with Crippen LogP contribution in [0.25, 0.3) is 0 Å². The summed E-state index contributed by atoms with van der Waals surface area (Å²) in [5.74, 6) is 1.92. The highest BCUT2D eigenvalue weighted by atomic mass is 16.5. The van der Waals surface area contributed by atoms with Gasteiger partial charge in [0.25, 0.3) is 0 Å². The summed E-state index contributed by atoms with van der Waals surface area (Å²) in [4.78, 5) is 13.2. The number of hydrogen-bond donors (Lipinski definition) is 1. The Kier molecular flexibility index (Phi) is 5.15. The van der Waals surface area contributed by atoms with E-state index in [9.17, 15) is 0 Å². The quantitative estimate of drug-likeness (QED) is 0.910. The Balaban J connectivity index is 1.75. The lowest BCUT2D eigenvalue weighted by Gasteiger charge is -2.35. The lowest BCUT2D eigenvalue weighted by molar-refractivity contribution is 0.270. The highest BCUT2D eigenvalue weighted by Gasteiger charge is 2.21. The molecule has 1 aromatic heterocycles. The van der Waals surface area contributed by atoms with Crippen molar-refractivity contribution in [3.63, 3.8) is 0 Å². The Morgan fingerprint density at radius 3 is 2.38 bits per heavy atom. The summed E-state index contributed by atoms with van der Waals surface area (Å²) in [7, 11) is 0. The molecule has 1 aromatic carbocycles. The Hall–Kier alpha value is -2.34. The smallest absolute Gasteiger partial charge is 0.248 e. The number of aryl methyl sites for hydroxylation is 1. The van der Waals surface area contributed by atoms with Gasteiger partial charge in [0.1, 0.15) is 17.8 Å². The van der Waals surface area contributed by atoms with Crippen molar-refractivity contribution in [2.45, 2.75) is 20.3 Å². The molecule has 6 nitrogen and oxygen atoms in total. The molecule has 0 spiro atoms. The van der Waals surface area contributed by atoms with Crippen molar-refractivity contribution >= 4 is 11.5 Å². The van der Waals surface area contributed by atoms with Crippen molar-refractivity contribution in [1.29, 1.82) is 0 Å². The maximum Gasteiger partial charge on any atom is 0.248 e. The number of likely N-dealkylation sites (N-methyl/N-ethyl adjacent to an activating group) is 1. The highest BCUT2D eigenvalue weighted by molar-refractivity contribution is 5.68. The molecule has 6 heteroatoms. The first kappa shape index (κ1) is 16.5. The van der Waals surface area contributed by atoms with Crippen LogP contribution in [0.4, 0.5) is 11.5 Å². The summed E-state index contributed by atoms with van der Waals surface area (Å²) in [6, 6.07) is 8.00. The fraction of sp³-hybridized carbons (Fsp3) is 0.444. The SMILES string of the molecule is CCc1ccc(Oc2ncnc(N3CCN(CC)CC3)c2N)cc1. The number of nitrogens with two attached hydrogens (primary N) is 1. The van der Waals surface area contributed by atoms with Gasteiger partial charge >= 0.3 is 0 Å². The first-order valence-electron chi connectivity index (χ1n) is 8.55. The molecule has 24 heavy (non-hydrogen) atoms. The Morgan fingerprint density at radius 2 is 1.75 bits per heavy atom. The van der Waals surface area contributed by atoms with Gasteiger partial charge in [0.2, 0.25) is 5.88 Å².